The zero-order valence-electron chi connectivity index (χ0n) is 17.6. The first kappa shape index (κ1) is 20.4. The number of para-hydroxylation sites is 1. The van der Waals surface area contributed by atoms with Crippen molar-refractivity contribution >= 4 is 17.1 Å². The number of rotatable bonds is 6. The van der Waals surface area contributed by atoms with Crippen LogP contribution in [0.15, 0.2) is 66.7 Å². The average Bonchev–Trinajstić information content (AvgIpc) is 2.69. The molecule has 0 saturated heterocycles. The van der Waals surface area contributed by atoms with E-state index in [1.54, 1.807) is 13.0 Å². The third-order valence-corrected chi connectivity index (χ3v) is 5.25. The van der Waals surface area contributed by atoms with Gasteiger partial charge in [-0.2, -0.15) is 0 Å². The van der Waals surface area contributed by atoms with E-state index in [4.69, 9.17) is 0 Å². The molecule has 3 aromatic rings. The third kappa shape index (κ3) is 4.24. The Morgan fingerprint density at radius 1 is 0.759 bits per heavy atom. The normalized spacial score (nSPS) is 10.8. The van der Waals surface area contributed by atoms with Gasteiger partial charge in [0.1, 0.15) is 0 Å². The van der Waals surface area contributed by atoms with Crippen LogP contribution in [-0.4, -0.2) is 33.1 Å². The van der Waals surface area contributed by atoms with E-state index in [0.29, 0.717) is 11.1 Å². The standard InChI is InChI=1S/C24H27N3O2/c1-17-7-6-8-22(24(17)27(28)29)23(18-9-13-20(14-10-18)25(2)3)19-11-15-21(16-12-19)26(4)5/h6-16,23H,1-5H3. The summed E-state index contributed by atoms with van der Waals surface area (Å²) in [6.07, 6.45) is 0. The molecule has 0 atom stereocenters. The fraction of sp³-hybridized carbons (Fsp3) is 0.250. The summed E-state index contributed by atoms with van der Waals surface area (Å²) in [5.41, 5.74) is 5.82. The van der Waals surface area contributed by atoms with Crippen molar-refractivity contribution in [1.82, 2.24) is 0 Å². The van der Waals surface area contributed by atoms with Gasteiger partial charge in [-0.1, -0.05) is 42.5 Å². The molecule has 3 aromatic carbocycles. The second-order valence-corrected chi connectivity index (χ2v) is 7.67. The number of nitrogens with zero attached hydrogens (tertiary/aromatic N) is 3. The monoisotopic (exact) mass is 389 g/mol. The summed E-state index contributed by atoms with van der Waals surface area (Å²) in [6.45, 7) is 1.79. The van der Waals surface area contributed by atoms with Crippen LogP contribution in [0.25, 0.3) is 0 Å². The molecule has 0 aromatic heterocycles. The zero-order valence-corrected chi connectivity index (χ0v) is 17.6. The van der Waals surface area contributed by atoms with Crippen molar-refractivity contribution in [3.63, 3.8) is 0 Å². The van der Waals surface area contributed by atoms with Gasteiger partial charge in [0.25, 0.3) is 5.69 Å². The summed E-state index contributed by atoms with van der Waals surface area (Å²) in [5.74, 6) is -0.220. The molecule has 0 unspecified atom stereocenters. The second kappa shape index (κ2) is 8.35. The molecule has 0 heterocycles. The molecule has 0 bridgehead atoms. The van der Waals surface area contributed by atoms with Crippen molar-refractivity contribution < 1.29 is 4.92 Å². The first-order valence-corrected chi connectivity index (χ1v) is 9.58. The maximum absolute atomic E-state index is 11.9. The lowest BCUT2D eigenvalue weighted by atomic mass is 9.83. The van der Waals surface area contributed by atoms with E-state index in [-0.39, 0.29) is 16.5 Å². The van der Waals surface area contributed by atoms with Crippen LogP contribution in [0.4, 0.5) is 17.1 Å². The summed E-state index contributed by atoms with van der Waals surface area (Å²) in [6, 6.07) is 22.0. The van der Waals surface area contributed by atoms with E-state index in [1.165, 1.54) is 0 Å². The average molecular weight is 389 g/mol. The summed E-state index contributed by atoms with van der Waals surface area (Å²) < 4.78 is 0. The van der Waals surface area contributed by atoms with Crippen LogP contribution in [0.5, 0.6) is 0 Å². The van der Waals surface area contributed by atoms with E-state index in [0.717, 1.165) is 22.5 Å². The summed E-state index contributed by atoms with van der Waals surface area (Å²) >= 11 is 0. The second-order valence-electron chi connectivity index (χ2n) is 7.67. The number of hydrogen-bond donors (Lipinski definition) is 0. The Labute approximate surface area is 172 Å². The van der Waals surface area contributed by atoms with Crippen LogP contribution >= 0.6 is 0 Å². The van der Waals surface area contributed by atoms with Crippen molar-refractivity contribution in [2.24, 2.45) is 0 Å². The predicted octanol–water partition coefficient (Wildman–Crippen LogP) is 5.22. The highest BCUT2D eigenvalue weighted by Gasteiger charge is 2.27. The topological polar surface area (TPSA) is 49.6 Å². The summed E-state index contributed by atoms with van der Waals surface area (Å²) in [7, 11) is 7.99. The smallest absolute Gasteiger partial charge is 0.276 e. The lowest BCUT2D eigenvalue weighted by molar-refractivity contribution is -0.386. The molecule has 0 spiro atoms. The minimum atomic E-state index is -0.264. The SMILES string of the molecule is Cc1cccc(C(c2ccc(N(C)C)cc2)c2ccc(N(C)C)cc2)c1[N+](=O)[O-]. The van der Waals surface area contributed by atoms with Gasteiger partial charge in [0.15, 0.2) is 0 Å². The summed E-state index contributed by atoms with van der Waals surface area (Å²) in [4.78, 5) is 15.7. The number of aryl methyl sites for hydroxylation is 1. The first-order chi connectivity index (χ1) is 13.8. The van der Waals surface area contributed by atoms with Gasteiger partial charge in [-0.25, -0.2) is 0 Å². The maximum atomic E-state index is 11.9. The molecule has 0 aliphatic rings. The van der Waals surface area contributed by atoms with Crippen LogP contribution in [0.2, 0.25) is 0 Å². The zero-order chi connectivity index (χ0) is 21.1. The highest BCUT2D eigenvalue weighted by Crippen LogP contribution is 2.39. The van der Waals surface area contributed by atoms with Crippen LogP contribution in [0.3, 0.4) is 0 Å². The Morgan fingerprint density at radius 2 is 1.21 bits per heavy atom. The molecule has 5 nitrogen and oxygen atoms in total. The minimum Gasteiger partial charge on any atom is -0.378 e. The van der Waals surface area contributed by atoms with E-state index >= 15 is 0 Å². The van der Waals surface area contributed by atoms with E-state index in [2.05, 4.69) is 48.5 Å². The maximum Gasteiger partial charge on any atom is 0.276 e. The van der Waals surface area contributed by atoms with Crippen molar-refractivity contribution in [3.8, 4) is 0 Å². The van der Waals surface area contributed by atoms with Gasteiger partial charge in [-0.3, -0.25) is 10.1 Å². The number of nitro groups is 1. The van der Waals surface area contributed by atoms with Crippen molar-refractivity contribution in [2.75, 3.05) is 38.0 Å². The van der Waals surface area contributed by atoms with Gasteiger partial charge in [-0.15, -0.1) is 0 Å². The first-order valence-electron chi connectivity index (χ1n) is 9.58. The quantitative estimate of drug-likeness (QED) is 0.330. The van der Waals surface area contributed by atoms with Crippen LogP contribution in [0, 0.1) is 17.0 Å². The molecule has 0 aliphatic carbocycles. The molecule has 0 fully saturated rings. The van der Waals surface area contributed by atoms with E-state index in [1.807, 2.05) is 50.1 Å². The Kier molecular flexibility index (Phi) is 5.87. The molecule has 150 valence electrons. The van der Waals surface area contributed by atoms with Crippen LogP contribution in [0.1, 0.15) is 28.2 Å². The fourth-order valence-electron chi connectivity index (χ4n) is 3.65. The Hall–Kier alpha value is -3.34. The van der Waals surface area contributed by atoms with Crippen LogP contribution in [-0.2, 0) is 0 Å². The highest BCUT2D eigenvalue weighted by atomic mass is 16.6. The number of benzene rings is 3. The Bertz CT molecular complexity index is 942. The Morgan fingerprint density at radius 3 is 1.59 bits per heavy atom. The fourth-order valence-corrected chi connectivity index (χ4v) is 3.65. The van der Waals surface area contributed by atoms with Crippen molar-refractivity contribution in [1.29, 1.82) is 0 Å². The largest absolute Gasteiger partial charge is 0.378 e. The van der Waals surface area contributed by atoms with Crippen LogP contribution < -0.4 is 9.80 Å². The third-order valence-electron chi connectivity index (χ3n) is 5.25. The lowest BCUT2D eigenvalue weighted by Gasteiger charge is -2.22. The molecule has 29 heavy (non-hydrogen) atoms. The highest BCUT2D eigenvalue weighted by molar-refractivity contribution is 5.58. The molecule has 0 N–H and O–H groups in total. The number of hydrogen-bond acceptors (Lipinski definition) is 4. The van der Waals surface area contributed by atoms with Crippen molar-refractivity contribution in [3.05, 3.63) is 99.1 Å². The van der Waals surface area contributed by atoms with Gasteiger partial charge in [-0.05, 0) is 42.3 Å². The van der Waals surface area contributed by atoms with Gasteiger partial charge >= 0.3 is 0 Å². The minimum absolute atomic E-state index is 0.186. The molecule has 0 radical (unpaired) electrons. The van der Waals surface area contributed by atoms with Gasteiger partial charge < -0.3 is 9.80 Å². The molecule has 3 rings (SSSR count). The van der Waals surface area contributed by atoms with E-state index < -0.39 is 0 Å². The predicted molar refractivity (Wildman–Crippen MR) is 120 cm³/mol. The molecule has 0 aliphatic heterocycles. The number of anilines is 2. The molecule has 0 saturated carbocycles. The lowest BCUT2D eigenvalue weighted by Crippen LogP contribution is -2.11. The number of nitro benzene ring substituents is 1. The molecular formula is C24H27N3O2. The van der Waals surface area contributed by atoms with Gasteiger partial charge in [0.2, 0.25) is 0 Å². The molecule has 0 amide bonds. The van der Waals surface area contributed by atoms with Gasteiger partial charge in [0.05, 0.1) is 4.92 Å². The Balaban J connectivity index is 2.20. The van der Waals surface area contributed by atoms with Crippen molar-refractivity contribution in [2.45, 2.75) is 12.8 Å². The molecule has 5 heteroatoms. The summed E-state index contributed by atoms with van der Waals surface area (Å²) in [5, 5.41) is 11.9. The molecular weight excluding hydrogens is 362 g/mol. The van der Waals surface area contributed by atoms with E-state index in [9.17, 15) is 10.1 Å². The van der Waals surface area contributed by atoms with Gasteiger partial charge in [0, 0.05) is 56.6 Å².